The van der Waals surface area contributed by atoms with Gasteiger partial charge in [-0.2, -0.15) is 0 Å². The molecule has 1 aliphatic heterocycles. The SMILES string of the molecule is CC(=O)NCC(=O)N1CCc2cc[c]cc21. The molecular weight excluding hydrogens is 204 g/mol. The molecule has 1 radical (unpaired) electrons. The normalized spacial score (nSPS) is 13.4. The van der Waals surface area contributed by atoms with Gasteiger partial charge in [0.2, 0.25) is 11.8 Å². The van der Waals surface area contributed by atoms with Crippen molar-refractivity contribution in [2.24, 2.45) is 0 Å². The minimum atomic E-state index is -0.188. The molecule has 0 fully saturated rings. The van der Waals surface area contributed by atoms with Gasteiger partial charge in [0.15, 0.2) is 0 Å². The van der Waals surface area contributed by atoms with Gasteiger partial charge < -0.3 is 10.2 Å². The van der Waals surface area contributed by atoms with Crippen LogP contribution in [0.2, 0.25) is 0 Å². The van der Waals surface area contributed by atoms with E-state index >= 15 is 0 Å². The Kier molecular flexibility index (Phi) is 2.90. The van der Waals surface area contributed by atoms with Crippen LogP contribution in [0.15, 0.2) is 18.2 Å². The number of anilines is 1. The summed E-state index contributed by atoms with van der Waals surface area (Å²) in [7, 11) is 0. The molecule has 1 aromatic rings. The zero-order valence-corrected chi connectivity index (χ0v) is 9.12. The molecule has 16 heavy (non-hydrogen) atoms. The molecule has 0 atom stereocenters. The highest BCUT2D eigenvalue weighted by Gasteiger charge is 2.23. The van der Waals surface area contributed by atoms with Crippen LogP contribution in [0.3, 0.4) is 0 Å². The van der Waals surface area contributed by atoms with Crippen molar-refractivity contribution in [2.45, 2.75) is 13.3 Å². The van der Waals surface area contributed by atoms with Crippen LogP contribution in [0, 0.1) is 6.07 Å². The lowest BCUT2D eigenvalue weighted by Crippen LogP contribution is -2.38. The molecule has 1 aliphatic rings. The first-order valence-corrected chi connectivity index (χ1v) is 5.22. The van der Waals surface area contributed by atoms with Crippen molar-refractivity contribution >= 4 is 17.5 Å². The highest BCUT2D eigenvalue weighted by atomic mass is 16.2. The zero-order valence-electron chi connectivity index (χ0n) is 9.12. The molecule has 0 unspecified atom stereocenters. The third-order valence-corrected chi connectivity index (χ3v) is 2.61. The lowest BCUT2D eigenvalue weighted by atomic mass is 10.2. The van der Waals surface area contributed by atoms with Gasteiger partial charge in [-0.25, -0.2) is 0 Å². The molecule has 4 nitrogen and oxygen atoms in total. The second-order valence-electron chi connectivity index (χ2n) is 3.76. The summed E-state index contributed by atoms with van der Waals surface area (Å²) in [5.74, 6) is -0.263. The minimum Gasteiger partial charge on any atom is -0.347 e. The maximum Gasteiger partial charge on any atom is 0.246 e. The third-order valence-electron chi connectivity index (χ3n) is 2.61. The summed E-state index contributed by atoms with van der Waals surface area (Å²) in [5, 5.41) is 2.51. The average Bonchev–Trinajstić information content (AvgIpc) is 2.69. The summed E-state index contributed by atoms with van der Waals surface area (Å²) < 4.78 is 0. The fraction of sp³-hybridized carbons (Fsp3) is 0.333. The van der Waals surface area contributed by atoms with E-state index in [1.54, 1.807) is 4.90 Å². The maximum atomic E-state index is 11.8. The zero-order chi connectivity index (χ0) is 11.5. The number of carbonyl (C=O) groups is 2. The number of benzene rings is 1. The van der Waals surface area contributed by atoms with E-state index in [4.69, 9.17) is 0 Å². The van der Waals surface area contributed by atoms with E-state index in [0.717, 1.165) is 17.7 Å². The van der Waals surface area contributed by atoms with Crippen molar-refractivity contribution < 1.29 is 9.59 Å². The summed E-state index contributed by atoms with van der Waals surface area (Å²) in [5.41, 5.74) is 2.08. The second-order valence-corrected chi connectivity index (χ2v) is 3.76. The number of amides is 2. The molecule has 0 bridgehead atoms. The molecule has 2 amide bonds. The standard InChI is InChI=1S/C12H13N2O2/c1-9(15)13-8-12(16)14-7-6-10-4-2-3-5-11(10)14/h2,4-5H,6-8H2,1H3,(H,13,15). The van der Waals surface area contributed by atoms with Crippen LogP contribution >= 0.6 is 0 Å². The van der Waals surface area contributed by atoms with Crippen LogP contribution in [0.5, 0.6) is 0 Å². The van der Waals surface area contributed by atoms with E-state index in [1.165, 1.54) is 6.92 Å². The minimum absolute atomic E-state index is 0.0592. The molecule has 1 N–H and O–H groups in total. The quantitative estimate of drug-likeness (QED) is 0.784. The van der Waals surface area contributed by atoms with Crippen LogP contribution in [0.1, 0.15) is 12.5 Å². The summed E-state index contributed by atoms with van der Waals surface area (Å²) in [6.45, 7) is 2.15. The monoisotopic (exact) mass is 217 g/mol. The van der Waals surface area contributed by atoms with Crippen LogP contribution in [0.4, 0.5) is 5.69 Å². The molecule has 4 heteroatoms. The largest absolute Gasteiger partial charge is 0.347 e. The summed E-state index contributed by atoms with van der Waals surface area (Å²) in [6.07, 6.45) is 0.871. The van der Waals surface area contributed by atoms with Crippen LogP contribution in [0.25, 0.3) is 0 Å². The first-order chi connectivity index (χ1) is 7.68. The van der Waals surface area contributed by atoms with Crippen LogP contribution in [-0.4, -0.2) is 24.9 Å². The summed E-state index contributed by atoms with van der Waals surface area (Å²) in [6, 6.07) is 8.60. The highest BCUT2D eigenvalue weighted by Crippen LogP contribution is 2.26. The van der Waals surface area contributed by atoms with E-state index < -0.39 is 0 Å². The van der Waals surface area contributed by atoms with Gasteiger partial charge in [-0.1, -0.05) is 12.1 Å². The highest BCUT2D eigenvalue weighted by molar-refractivity contribution is 5.98. The fourth-order valence-electron chi connectivity index (χ4n) is 1.82. The Balaban J connectivity index is 2.07. The molecule has 2 rings (SSSR count). The number of hydrogen-bond donors (Lipinski definition) is 1. The average molecular weight is 217 g/mol. The van der Waals surface area contributed by atoms with Gasteiger partial charge in [0, 0.05) is 19.2 Å². The van der Waals surface area contributed by atoms with Gasteiger partial charge in [0.1, 0.15) is 0 Å². The Morgan fingerprint density at radius 3 is 3.12 bits per heavy atom. The molecule has 0 saturated heterocycles. The Bertz CT molecular complexity index is 429. The Morgan fingerprint density at radius 1 is 1.56 bits per heavy atom. The van der Waals surface area contributed by atoms with E-state index in [2.05, 4.69) is 11.4 Å². The molecule has 0 aliphatic carbocycles. The van der Waals surface area contributed by atoms with Crippen molar-refractivity contribution in [3.8, 4) is 0 Å². The topological polar surface area (TPSA) is 49.4 Å². The molecule has 0 spiro atoms. The lowest BCUT2D eigenvalue weighted by Gasteiger charge is -2.17. The first-order valence-electron chi connectivity index (χ1n) is 5.22. The number of nitrogens with zero attached hydrogens (tertiary/aromatic N) is 1. The molecule has 83 valence electrons. The maximum absolute atomic E-state index is 11.8. The molecule has 1 aromatic carbocycles. The number of carbonyl (C=O) groups excluding carboxylic acids is 2. The van der Waals surface area contributed by atoms with Gasteiger partial charge in [-0.05, 0) is 24.1 Å². The predicted molar refractivity (Wildman–Crippen MR) is 60.0 cm³/mol. The molecule has 1 heterocycles. The van der Waals surface area contributed by atoms with E-state index in [1.807, 2.05) is 18.2 Å². The molecule has 0 aromatic heterocycles. The van der Waals surface area contributed by atoms with Gasteiger partial charge in [-0.15, -0.1) is 0 Å². The van der Waals surface area contributed by atoms with Gasteiger partial charge >= 0.3 is 0 Å². The number of hydrogen-bond acceptors (Lipinski definition) is 2. The summed E-state index contributed by atoms with van der Waals surface area (Å²) in [4.78, 5) is 24.2. The third kappa shape index (κ3) is 2.05. The number of fused-ring (bicyclic) bond motifs is 1. The van der Waals surface area contributed by atoms with Crippen molar-refractivity contribution in [3.05, 3.63) is 29.8 Å². The Labute approximate surface area is 94.2 Å². The van der Waals surface area contributed by atoms with E-state index in [0.29, 0.717) is 6.54 Å². The predicted octanol–water partition coefficient (Wildman–Crippen LogP) is 0.512. The fourth-order valence-corrected chi connectivity index (χ4v) is 1.82. The van der Waals surface area contributed by atoms with Crippen LogP contribution < -0.4 is 10.2 Å². The number of nitrogens with one attached hydrogen (secondary N) is 1. The van der Waals surface area contributed by atoms with Crippen molar-refractivity contribution in [3.63, 3.8) is 0 Å². The van der Waals surface area contributed by atoms with Gasteiger partial charge in [0.05, 0.1) is 6.54 Å². The van der Waals surface area contributed by atoms with Crippen molar-refractivity contribution in [1.82, 2.24) is 5.32 Å². The van der Waals surface area contributed by atoms with E-state index in [-0.39, 0.29) is 18.4 Å². The van der Waals surface area contributed by atoms with Gasteiger partial charge in [0.25, 0.3) is 0 Å². The smallest absolute Gasteiger partial charge is 0.246 e. The Hall–Kier alpha value is -1.84. The lowest BCUT2D eigenvalue weighted by molar-refractivity contribution is -0.123. The molecule has 0 saturated carbocycles. The van der Waals surface area contributed by atoms with Gasteiger partial charge in [-0.3, -0.25) is 9.59 Å². The first kappa shape index (κ1) is 10.7. The summed E-state index contributed by atoms with van der Waals surface area (Å²) >= 11 is 0. The van der Waals surface area contributed by atoms with Crippen LogP contribution in [-0.2, 0) is 16.0 Å². The Morgan fingerprint density at radius 2 is 2.38 bits per heavy atom. The second kappa shape index (κ2) is 4.35. The molecular formula is C12H13N2O2. The number of rotatable bonds is 2. The van der Waals surface area contributed by atoms with Crippen molar-refractivity contribution in [1.29, 1.82) is 0 Å². The van der Waals surface area contributed by atoms with Crippen molar-refractivity contribution in [2.75, 3.05) is 18.0 Å². The van der Waals surface area contributed by atoms with E-state index in [9.17, 15) is 9.59 Å².